The summed E-state index contributed by atoms with van der Waals surface area (Å²) in [6.07, 6.45) is 3.24. The van der Waals surface area contributed by atoms with Crippen molar-refractivity contribution in [1.29, 1.82) is 0 Å². The fourth-order valence-corrected chi connectivity index (χ4v) is 2.68. The van der Waals surface area contributed by atoms with Crippen molar-refractivity contribution in [3.8, 4) is 0 Å². The number of nitrogens with one attached hydrogen (secondary N) is 1. The minimum absolute atomic E-state index is 0.134. The number of fused-ring (bicyclic) bond motifs is 1. The Morgan fingerprint density at radius 1 is 1.54 bits per heavy atom. The molecule has 1 aliphatic heterocycles. The third-order valence-corrected chi connectivity index (χ3v) is 3.25. The van der Waals surface area contributed by atoms with Crippen LogP contribution in [-0.2, 0) is 9.53 Å². The van der Waals surface area contributed by atoms with Crippen LogP contribution in [0.2, 0.25) is 0 Å². The van der Waals surface area contributed by atoms with E-state index in [1.165, 1.54) is 6.42 Å². The highest BCUT2D eigenvalue weighted by Gasteiger charge is 2.48. The van der Waals surface area contributed by atoms with Crippen molar-refractivity contribution in [2.24, 2.45) is 5.92 Å². The molecule has 74 valence electrons. The van der Waals surface area contributed by atoms with Crippen LogP contribution in [0, 0.1) is 5.92 Å². The maximum absolute atomic E-state index is 10.9. The van der Waals surface area contributed by atoms with E-state index in [1.807, 2.05) is 0 Å². The first kappa shape index (κ1) is 8.97. The zero-order valence-corrected chi connectivity index (χ0v) is 7.69. The lowest BCUT2D eigenvalue weighted by Crippen LogP contribution is -2.41. The highest BCUT2D eigenvalue weighted by molar-refractivity contribution is 5.75. The summed E-state index contributed by atoms with van der Waals surface area (Å²) in [4.78, 5) is 10.9. The average Bonchev–Trinajstić information content (AvgIpc) is 2.60. The molecule has 1 saturated carbocycles. The van der Waals surface area contributed by atoms with E-state index >= 15 is 0 Å². The molecule has 0 bridgehead atoms. The van der Waals surface area contributed by atoms with E-state index in [-0.39, 0.29) is 6.10 Å². The lowest BCUT2D eigenvalue weighted by atomic mass is 9.98. The molecule has 4 nitrogen and oxygen atoms in total. The monoisotopic (exact) mass is 185 g/mol. The normalized spacial score (nSPS) is 43.5. The molecule has 0 unspecified atom stereocenters. The van der Waals surface area contributed by atoms with Gasteiger partial charge in [0.25, 0.3) is 0 Å². The van der Waals surface area contributed by atoms with Gasteiger partial charge in [0.15, 0.2) is 0 Å². The standard InChI is InChI=1S/C9H15NO3/c1-13-8-5-3-2-4-6(5)10-7(8)9(11)12/h5-8,10H,2-4H2,1H3,(H,11,12)/t5-,6+,7+,8+/m1/s1. The zero-order valence-electron chi connectivity index (χ0n) is 7.69. The molecule has 0 radical (unpaired) electrons. The van der Waals surface area contributed by atoms with E-state index in [1.54, 1.807) is 7.11 Å². The van der Waals surface area contributed by atoms with Gasteiger partial charge in [-0.3, -0.25) is 10.1 Å². The quantitative estimate of drug-likeness (QED) is 0.646. The van der Waals surface area contributed by atoms with Gasteiger partial charge in [0.2, 0.25) is 0 Å². The van der Waals surface area contributed by atoms with Gasteiger partial charge in [0.1, 0.15) is 6.04 Å². The highest BCUT2D eigenvalue weighted by Crippen LogP contribution is 2.36. The summed E-state index contributed by atoms with van der Waals surface area (Å²) in [6, 6.07) is -0.133. The molecule has 1 heterocycles. The van der Waals surface area contributed by atoms with E-state index in [4.69, 9.17) is 9.84 Å². The lowest BCUT2D eigenvalue weighted by molar-refractivity contribution is -0.142. The number of aliphatic carboxylic acids is 1. The summed E-state index contributed by atoms with van der Waals surface area (Å²) in [5, 5.41) is 12.1. The molecule has 4 atom stereocenters. The molecule has 0 spiro atoms. The lowest BCUT2D eigenvalue weighted by Gasteiger charge is -2.18. The largest absolute Gasteiger partial charge is 0.480 e. The second kappa shape index (κ2) is 3.27. The van der Waals surface area contributed by atoms with E-state index in [9.17, 15) is 4.79 Å². The van der Waals surface area contributed by atoms with Crippen LogP contribution in [0.1, 0.15) is 19.3 Å². The predicted molar refractivity (Wildman–Crippen MR) is 46.5 cm³/mol. The number of ether oxygens (including phenoxy) is 1. The van der Waals surface area contributed by atoms with Crippen LogP contribution in [0.4, 0.5) is 0 Å². The molecule has 4 heteroatoms. The third kappa shape index (κ3) is 1.34. The SMILES string of the molecule is CO[C@H]1[C@@H]2CCC[C@@H]2N[C@@H]1C(=O)O. The maximum Gasteiger partial charge on any atom is 0.323 e. The Kier molecular flexibility index (Phi) is 2.26. The van der Waals surface area contributed by atoms with Gasteiger partial charge in [-0.25, -0.2) is 0 Å². The molecule has 13 heavy (non-hydrogen) atoms. The van der Waals surface area contributed by atoms with Gasteiger partial charge in [-0.05, 0) is 12.8 Å². The van der Waals surface area contributed by atoms with Crippen molar-refractivity contribution < 1.29 is 14.6 Å². The van der Waals surface area contributed by atoms with Gasteiger partial charge < -0.3 is 9.84 Å². The molecule has 2 rings (SSSR count). The van der Waals surface area contributed by atoms with Crippen molar-refractivity contribution >= 4 is 5.97 Å². The van der Waals surface area contributed by atoms with E-state index in [0.29, 0.717) is 12.0 Å². The smallest absolute Gasteiger partial charge is 0.323 e. The summed E-state index contributed by atoms with van der Waals surface area (Å²) in [5.41, 5.74) is 0. The molecule has 2 N–H and O–H groups in total. The van der Waals surface area contributed by atoms with Crippen LogP contribution in [0.5, 0.6) is 0 Å². The summed E-state index contributed by atoms with van der Waals surface area (Å²) >= 11 is 0. The van der Waals surface area contributed by atoms with Gasteiger partial charge >= 0.3 is 5.97 Å². The van der Waals surface area contributed by atoms with Crippen LogP contribution in [0.3, 0.4) is 0 Å². The topological polar surface area (TPSA) is 58.6 Å². The van der Waals surface area contributed by atoms with Crippen molar-refractivity contribution in [2.75, 3.05) is 7.11 Å². The fraction of sp³-hybridized carbons (Fsp3) is 0.889. The van der Waals surface area contributed by atoms with Crippen molar-refractivity contribution in [3.63, 3.8) is 0 Å². The highest BCUT2D eigenvalue weighted by atomic mass is 16.5. The molecule has 2 aliphatic rings. The minimum atomic E-state index is -0.791. The Morgan fingerprint density at radius 2 is 2.31 bits per heavy atom. The Bertz CT molecular complexity index is 219. The van der Waals surface area contributed by atoms with E-state index in [0.717, 1.165) is 12.8 Å². The summed E-state index contributed by atoms with van der Waals surface area (Å²) in [7, 11) is 1.60. The third-order valence-electron chi connectivity index (χ3n) is 3.25. The zero-order chi connectivity index (χ0) is 9.42. The van der Waals surface area contributed by atoms with Gasteiger partial charge in [-0.15, -0.1) is 0 Å². The number of hydrogen-bond acceptors (Lipinski definition) is 3. The Hall–Kier alpha value is -0.610. The van der Waals surface area contributed by atoms with Crippen LogP contribution in [0.25, 0.3) is 0 Å². The van der Waals surface area contributed by atoms with Crippen molar-refractivity contribution in [3.05, 3.63) is 0 Å². The summed E-state index contributed by atoms with van der Waals surface area (Å²) in [6.45, 7) is 0. The summed E-state index contributed by atoms with van der Waals surface area (Å²) in [5.74, 6) is -0.382. The van der Waals surface area contributed by atoms with Crippen LogP contribution in [-0.4, -0.2) is 36.4 Å². The Labute approximate surface area is 77.3 Å². The number of hydrogen-bond donors (Lipinski definition) is 2. The second-order valence-electron chi connectivity index (χ2n) is 3.88. The molecule has 0 aromatic carbocycles. The van der Waals surface area contributed by atoms with Gasteiger partial charge in [0.05, 0.1) is 6.10 Å². The number of rotatable bonds is 2. The summed E-state index contributed by atoms with van der Waals surface area (Å²) < 4.78 is 5.26. The first-order valence-electron chi connectivity index (χ1n) is 4.75. The second-order valence-corrected chi connectivity index (χ2v) is 3.88. The number of carboxylic acids is 1. The molecule has 2 fully saturated rings. The van der Waals surface area contributed by atoms with Crippen LogP contribution in [0.15, 0.2) is 0 Å². The van der Waals surface area contributed by atoms with Crippen molar-refractivity contribution in [2.45, 2.75) is 37.5 Å². The van der Waals surface area contributed by atoms with Crippen molar-refractivity contribution in [1.82, 2.24) is 5.32 Å². The first-order chi connectivity index (χ1) is 6.24. The Morgan fingerprint density at radius 3 is 2.92 bits per heavy atom. The molecule has 0 aromatic rings. The fourth-order valence-electron chi connectivity index (χ4n) is 2.68. The number of carboxylic acid groups (broad SMARTS) is 1. The molecule has 1 saturated heterocycles. The first-order valence-corrected chi connectivity index (χ1v) is 4.75. The number of carbonyl (C=O) groups is 1. The van der Waals surface area contributed by atoms with Crippen LogP contribution >= 0.6 is 0 Å². The average molecular weight is 185 g/mol. The molecular formula is C9H15NO3. The van der Waals surface area contributed by atoms with E-state index in [2.05, 4.69) is 5.32 Å². The van der Waals surface area contributed by atoms with E-state index < -0.39 is 12.0 Å². The van der Waals surface area contributed by atoms with Gasteiger partial charge in [0, 0.05) is 19.1 Å². The predicted octanol–water partition coefficient (Wildman–Crippen LogP) is 0.226. The maximum atomic E-state index is 10.9. The molecule has 0 aromatic heterocycles. The number of methoxy groups -OCH3 is 1. The minimum Gasteiger partial charge on any atom is -0.480 e. The van der Waals surface area contributed by atoms with Crippen LogP contribution < -0.4 is 5.32 Å². The van der Waals surface area contributed by atoms with Gasteiger partial charge in [-0.2, -0.15) is 0 Å². The molecular weight excluding hydrogens is 170 g/mol. The molecule has 0 amide bonds. The van der Waals surface area contributed by atoms with Gasteiger partial charge in [-0.1, -0.05) is 6.42 Å². The molecule has 1 aliphatic carbocycles. The Balaban J connectivity index is 2.12.